The summed E-state index contributed by atoms with van der Waals surface area (Å²) < 4.78 is 5.62. The molecule has 1 atom stereocenters. The zero-order valence-electron chi connectivity index (χ0n) is 10.7. The summed E-state index contributed by atoms with van der Waals surface area (Å²) in [4.78, 5) is 5.65. The minimum Gasteiger partial charge on any atom is -0.477 e. The van der Waals surface area contributed by atoms with Gasteiger partial charge in [0, 0.05) is 29.6 Å². The number of ether oxygens (including phenoxy) is 1. The van der Waals surface area contributed by atoms with Gasteiger partial charge < -0.3 is 10.1 Å². The van der Waals surface area contributed by atoms with Crippen LogP contribution in [0.25, 0.3) is 0 Å². The van der Waals surface area contributed by atoms with Crippen molar-refractivity contribution in [2.75, 3.05) is 13.7 Å². The Hall–Kier alpha value is -1.39. The van der Waals surface area contributed by atoms with Crippen LogP contribution in [0.2, 0.25) is 0 Å². The number of thiophene rings is 1. The molecule has 0 aliphatic heterocycles. The Kier molecular flexibility index (Phi) is 4.73. The van der Waals surface area contributed by atoms with Crippen molar-refractivity contribution in [1.29, 1.82) is 0 Å². The number of rotatable bonds is 6. The predicted molar refractivity (Wildman–Crippen MR) is 75.2 cm³/mol. The van der Waals surface area contributed by atoms with Crippen molar-refractivity contribution < 1.29 is 4.74 Å². The van der Waals surface area contributed by atoms with Crippen molar-refractivity contribution >= 4 is 11.3 Å². The van der Waals surface area contributed by atoms with Crippen molar-refractivity contribution in [3.63, 3.8) is 0 Å². The Morgan fingerprint density at radius 1 is 1.39 bits per heavy atom. The SMILES string of the molecule is CNC(C)c1ccc(OCCc2cccs2)nc1. The highest BCUT2D eigenvalue weighted by Gasteiger charge is 2.03. The molecule has 0 saturated heterocycles. The molecule has 0 aliphatic carbocycles. The van der Waals surface area contributed by atoms with E-state index in [9.17, 15) is 0 Å². The molecule has 1 unspecified atom stereocenters. The fourth-order valence-electron chi connectivity index (χ4n) is 1.61. The van der Waals surface area contributed by atoms with Crippen LogP contribution in [0.3, 0.4) is 0 Å². The number of nitrogens with zero attached hydrogens (tertiary/aromatic N) is 1. The maximum Gasteiger partial charge on any atom is 0.213 e. The van der Waals surface area contributed by atoms with Gasteiger partial charge in [0.15, 0.2) is 0 Å². The molecule has 0 saturated carbocycles. The second kappa shape index (κ2) is 6.52. The molecule has 0 amide bonds. The quantitative estimate of drug-likeness (QED) is 0.869. The highest BCUT2D eigenvalue weighted by molar-refractivity contribution is 7.09. The van der Waals surface area contributed by atoms with Gasteiger partial charge in [-0.2, -0.15) is 0 Å². The fourth-order valence-corrected chi connectivity index (χ4v) is 2.30. The Balaban J connectivity index is 1.83. The zero-order valence-corrected chi connectivity index (χ0v) is 11.5. The third-order valence-corrected chi connectivity index (χ3v) is 3.81. The van der Waals surface area contributed by atoms with Crippen LogP contribution in [-0.4, -0.2) is 18.6 Å². The molecule has 0 radical (unpaired) electrons. The van der Waals surface area contributed by atoms with Crippen LogP contribution in [-0.2, 0) is 6.42 Å². The molecule has 18 heavy (non-hydrogen) atoms. The first kappa shape index (κ1) is 13.1. The summed E-state index contributed by atoms with van der Waals surface area (Å²) in [6.45, 7) is 2.78. The summed E-state index contributed by atoms with van der Waals surface area (Å²) in [7, 11) is 1.94. The summed E-state index contributed by atoms with van der Waals surface area (Å²) in [6.07, 6.45) is 2.80. The molecule has 2 aromatic heterocycles. The summed E-state index contributed by atoms with van der Waals surface area (Å²) in [5.41, 5.74) is 1.17. The van der Waals surface area contributed by atoms with E-state index in [0.29, 0.717) is 18.5 Å². The van der Waals surface area contributed by atoms with Crippen LogP contribution >= 0.6 is 11.3 Å². The minimum absolute atomic E-state index is 0.317. The van der Waals surface area contributed by atoms with Gasteiger partial charge in [-0.05, 0) is 31.0 Å². The van der Waals surface area contributed by atoms with E-state index >= 15 is 0 Å². The first-order valence-corrected chi connectivity index (χ1v) is 6.96. The molecule has 2 rings (SSSR count). The van der Waals surface area contributed by atoms with E-state index in [0.717, 1.165) is 6.42 Å². The van der Waals surface area contributed by atoms with Gasteiger partial charge in [-0.15, -0.1) is 11.3 Å². The first-order valence-electron chi connectivity index (χ1n) is 6.08. The van der Waals surface area contributed by atoms with Gasteiger partial charge in [0.1, 0.15) is 0 Å². The Labute approximate surface area is 112 Å². The molecular weight excluding hydrogens is 244 g/mol. The van der Waals surface area contributed by atoms with E-state index in [1.165, 1.54) is 10.4 Å². The van der Waals surface area contributed by atoms with E-state index in [1.807, 2.05) is 19.3 Å². The third kappa shape index (κ3) is 3.55. The lowest BCUT2D eigenvalue weighted by Crippen LogP contribution is -2.12. The lowest BCUT2D eigenvalue weighted by atomic mass is 10.1. The number of nitrogens with one attached hydrogen (secondary N) is 1. The van der Waals surface area contributed by atoms with Crippen LogP contribution in [0.4, 0.5) is 0 Å². The highest BCUT2D eigenvalue weighted by Crippen LogP contribution is 2.15. The van der Waals surface area contributed by atoms with Gasteiger partial charge >= 0.3 is 0 Å². The molecule has 0 aliphatic rings. The molecule has 0 aromatic carbocycles. The van der Waals surface area contributed by atoms with Gasteiger partial charge in [-0.1, -0.05) is 12.1 Å². The summed E-state index contributed by atoms with van der Waals surface area (Å²) >= 11 is 1.76. The minimum atomic E-state index is 0.317. The van der Waals surface area contributed by atoms with E-state index < -0.39 is 0 Å². The van der Waals surface area contributed by atoms with E-state index in [2.05, 4.69) is 40.8 Å². The van der Waals surface area contributed by atoms with Crippen LogP contribution in [0.15, 0.2) is 35.8 Å². The molecule has 96 valence electrons. The summed E-state index contributed by atoms with van der Waals surface area (Å²) in [6, 6.07) is 8.48. The maximum absolute atomic E-state index is 5.62. The molecule has 0 spiro atoms. The number of hydrogen-bond donors (Lipinski definition) is 1. The lowest BCUT2D eigenvalue weighted by molar-refractivity contribution is 0.310. The van der Waals surface area contributed by atoms with Crippen molar-refractivity contribution in [2.45, 2.75) is 19.4 Å². The third-order valence-electron chi connectivity index (χ3n) is 2.87. The average Bonchev–Trinajstić information content (AvgIpc) is 2.92. The highest BCUT2D eigenvalue weighted by atomic mass is 32.1. The van der Waals surface area contributed by atoms with Crippen LogP contribution in [0.1, 0.15) is 23.4 Å². The topological polar surface area (TPSA) is 34.1 Å². The Morgan fingerprint density at radius 2 is 2.28 bits per heavy atom. The first-order chi connectivity index (χ1) is 8.79. The molecule has 4 heteroatoms. The van der Waals surface area contributed by atoms with E-state index in [1.54, 1.807) is 11.3 Å². The van der Waals surface area contributed by atoms with Crippen molar-refractivity contribution in [3.05, 3.63) is 46.3 Å². The number of hydrogen-bond acceptors (Lipinski definition) is 4. The van der Waals surface area contributed by atoms with Gasteiger partial charge in [-0.3, -0.25) is 0 Å². The van der Waals surface area contributed by atoms with Gasteiger partial charge in [0.2, 0.25) is 5.88 Å². The van der Waals surface area contributed by atoms with E-state index in [-0.39, 0.29) is 0 Å². The largest absolute Gasteiger partial charge is 0.477 e. The standard InChI is InChI=1S/C14H18N2OS/c1-11(15-2)12-5-6-14(16-10-12)17-8-7-13-4-3-9-18-13/h3-6,9-11,15H,7-8H2,1-2H3. The Bertz CT molecular complexity index is 453. The monoisotopic (exact) mass is 262 g/mol. The molecule has 3 nitrogen and oxygen atoms in total. The van der Waals surface area contributed by atoms with Crippen LogP contribution < -0.4 is 10.1 Å². The molecule has 1 N–H and O–H groups in total. The van der Waals surface area contributed by atoms with Crippen molar-refractivity contribution in [2.24, 2.45) is 0 Å². The van der Waals surface area contributed by atoms with Crippen LogP contribution in [0, 0.1) is 0 Å². The van der Waals surface area contributed by atoms with Gasteiger partial charge in [0.25, 0.3) is 0 Å². The van der Waals surface area contributed by atoms with E-state index in [4.69, 9.17) is 4.74 Å². The summed E-state index contributed by atoms with van der Waals surface area (Å²) in [5, 5.41) is 5.27. The molecule has 2 heterocycles. The molecule has 0 fully saturated rings. The smallest absolute Gasteiger partial charge is 0.213 e. The zero-order chi connectivity index (χ0) is 12.8. The Morgan fingerprint density at radius 3 is 2.89 bits per heavy atom. The second-order valence-electron chi connectivity index (χ2n) is 4.12. The van der Waals surface area contributed by atoms with Gasteiger partial charge in [0.05, 0.1) is 6.61 Å². The molecular formula is C14H18N2OS. The van der Waals surface area contributed by atoms with Gasteiger partial charge in [-0.25, -0.2) is 4.98 Å². The normalized spacial score (nSPS) is 12.3. The van der Waals surface area contributed by atoms with Crippen molar-refractivity contribution in [1.82, 2.24) is 10.3 Å². The number of aromatic nitrogens is 1. The second-order valence-corrected chi connectivity index (χ2v) is 5.15. The lowest BCUT2D eigenvalue weighted by Gasteiger charge is -2.10. The summed E-state index contributed by atoms with van der Waals surface area (Å²) in [5.74, 6) is 0.693. The number of pyridine rings is 1. The van der Waals surface area contributed by atoms with Crippen LogP contribution in [0.5, 0.6) is 5.88 Å². The van der Waals surface area contributed by atoms with Crippen molar-refractivity contribution in [3.8, 4) is 5.88 Å². The molecule has 2 aromatic rings. The maximum atomic E-state index is 5.62. The predicted octanol–water partition coefficient (Wildman–Crippen LogP) is 3.05. The molecule has 0 bridgehead atoms. The average molecular weight is 262 g/mol. The fraction of sp³-hybridized carbons (Fsp3) is 0.357.